The van der Waals surface area contributed by atoms with Crippen molar-refractivity contribution in [2.24, 2.45) is 5.10 Å². The Morgan fingerprint density at radius 3 is 2.65 bits per heavy atom. The number of benzene rings is 2. The molecular formula is C18H14ClN5OS. The maximum Gasteiger partial charge on any atom is 0.221 e. The van der Waals surface area contributed by atoms with Gasteiger partial charge >= 0.3 is 0 Å². The highest BCUT2D eigenvalue weighted by Crippen LogP contribution is 2.31. The van der Waals surface area contributed by atoms with Gasteiger partial charge in [0, 0.05) is 23.9 Å². The first kappa shape index (κ1) is 16.8. The Hall–Kier alpha value is -2.64. The van der Waals surface area contributed by atoms with E-state index in [-0.39, 0.29) is 5.91 Å². The van der Waals surface area contributed by atoms with Crippen LogP contribution in [-0.2, 0) is 4.79 Å². The first-order valence-electron chi connectivity index (χ1n) is 7.91. The largest absolute Gasteiger partial charge is 0.326 e. The zero-order valence-corrected chi connectivity index (χ0v) is 15.4. The smallest absolute Gasteiger partial charge is 0.221 e. The van der Waals surface area contributed by atoms with E-state index in [2.05, 4.69) is 15.5 Å². The summed E-state index contributed by atoms with van der Waals surface area (Å²) in [6.07, 6.45) is 0. The van der Waals surface area contributed by atoms with Gasteiger partial charge in [0.1, 0.15) is 0 Å². The molecule has 0 bridgehead atoms. The van der Waals surface area contributed by atoms with Gasteiger partial charge in [-0.3, -0.25) is 4.79 Å². The van der Waals surface area contributed by atoms with Gasteiger partial charge in [-0.25, -0.2) is 0 Å². The van der Waals surface area contributed by atoms with Crippen molar-refractivity contribution in [3.63, 3.8) is 0 Å². The molecule has 3 aromatic rings. The Bertz CT molecular complexity index is 1010. The van der Waals surface area contributed by atoms with E-state index in [0.717, 1.165) is 27.7 Å². The molecule has 2 heterocycles. The lowest BCUT2D eigenvalue weighted by Gasteiger charge is -2.14. The van der Waals surface area contributed by atoms with Crippen molar-refractivity contribution in [3.8, 4) is 11.4 Å². The predicted molar refractivity (Wildman–Crippen MR) is 104 cm³/mol. The monoisotopic (exact) mass is 383 g/mol. The summed E-state index contributed by atoms with van der Waals surface area (Å²) in [4.78, 5) is 11.1. The van der Waals surface area contributed by atoms with E-state index in [4.69, 9.17) is 16.7 Å². The normalized spacial score (nSPS) is 13.1. The van der Waals surface area contributed by atoms with Crippen molar-refractivity contribution >= 4 is 40.7 Å². The number of carbonyl (C=O) groups excluding carboxylic acids is 1. The second-order valence-corrected chi connectivity index (χ2v) is 7.04. The van der Waals surface area contributed by atoms with Crippen molar-refractivity contribution in [2.75, 3.05) is 11.1 Å². The topological polar surface area (TPSA) is 72.2 Å². The van der Waals surface area contributed by atoms with Crippen molar-refractivity contribution < 1.29 is 4.79 Å². The molecule has 1 aliphatic heterocycles. The third-order valence-corrected chi connectivity index (χ3v) is 5.08. The van der Waals surface area contributed by atoms with Crippen LogP contribution in [0.4, 0.5) is 5.69 Å². The quantitative estimate of drug-likeness (QED) is 0.744. The molecule has 130 valence electrons. The molecule has 0 fully saturated rings. The summed E-state index contributed by atoms with van der Waals surface area (Å²) in [6.45, 7) is 1.49. The molecule has 8 heteroatoms. The highest BCUT2D eigenvalue weighted by molar-refractivity contribution is 7.99. The fraction of sp³-hybridized carbons (Fsp3) is 0.111. The summed E-state index contributed by atoms with van der Waals surface area (Å²) in [5.41, 5.74) is 3.44. The maximum atomic E-state index is 11.1. The zero-order valence-electron chi connectivity index (χ0n) is 13.8. The van der Waals surface area contributed by atoms with Crippen molar-refractivity contribution in [1.29, 1.82) is 0 Å². The Balaban J connectivity index is 1.70. The van der Waals surface area contributed by atoms with Gasteiger partial charge in [-0.05, 0) is 29.8 Å². The van der Waals surface area contributed by atoms with Crippen LogP contribution in [0.15, 0.2) is 58.8 Å². The fourth-order valence-corrected chi connectivity index (χ4v) is 3.69. The molecule has 0 atom stereocenters. The lowest BCUT2D eigenvalue weighted by Crippen LogP contribution is -2.14. The van der Waals surface area contributed by atoms with Gasteiger partial charge < -0.3 is 5.32 Å². The second-order valence-electron chi connectivity index (χ2n) is 5.69. The number of fused-ring (bicyclic) bond motifs is 1. The Kier molecular flexibility index (Phi) is 4.48. The van der Waals surface area contributed by atoms with Gasteiger partial charge in [0.15, 0.2) is 5.82 Å². The number of nitrogens with one attached hydrogen (secondary N) is 1. The summed E-state index contributed by atoms with van der Waals surface area (Å²) in [5, 5.41) is 17.3. The van der Waals surface area contributed by atoms with Crippen molar-refractivity contribution in [3.05, 3.63) is 59.1 Å². The third kappa shape index (κ3) is 3.23. The number of amides is 1. The number of halogens is 1. The van der Waals surface area contributed by atoms with Crippen LogP contribution in [0.1, 0.15) is 12.5 Å². The molecule has 26 heavy (non-hydrogen) atoms. The van der Waals surface area contributed by atoms with Crippen LogP contribution in [0, 0.1) is 0 Å². The highest BCUT2D eigenvalue weighted by atomic mass is 35.5. The molecule has 0 saturated heterocycles. The average molecular weight is 384 g/mol. The molecule has 2 aromatic carbocycles. The SMILES string of the molecule is CC(=O)Nc1ccc(C2=Nn3c(nnc3-c3ccccc3Cl)SC2)cc1. The van der Waals surface area contributed by atoms with Crippen LogP contribution in [0.3, 0.4) is 0 Å². The lowest BCUT2D eigenvalue weighted by molar-refractivity contribution is -0.114. The highest BCUT2D eigenvalue weighted by Gasteiger charge is 2.21. The van der Waals surface area contributed by atoms with Gasteiger partial charge in [-0.2, -0.15) is 9.78 Å². The Labute approximate surface area is 159 Å². The summed E-state index contributed by atoms with van der Waals surface area (Å²) in [6, 6.07) is 15.1. The van der Waals surface area contributed by atoms with Crippen molar-refractivity contribution in [2.45, 2.75) is 12.1 Å². The second kappa shape index (κ2) is 6.93. The van der Waals surface area contributed by atoms with Gasteiger partial charge in [0.2, 0.25) is 11.1 Å². The molecule has 1 N–H and O–H groups in total. The molecular weight excluding hydrogens is 370 g/mol. The fourth-order valence-electron chi connectivity index (χ4n) is 2.63. The van der Waals surface area contributed by atoms with Crippen LogP contribution >= 0.6 is 23.4 Å². The van der Waals surface area contributed by atoms with Crippen LogP contribution in [0.5, 0.6) is 0 Å². The van der Waals surface area contributed by atoms with E-state index in [1.165, 1.54) is 6.92 Å². The maximum absolute atomic E-state index is 11.1. The number of rotatable bonds is 3. The van der Waals surface area contributed by atoms with Crippen molar-refractivity contribution in [1.82, 2.24) is 14.9 Å². The van der Waals surface area contributed by atoms with E-state index in [1.807, 2.05) is 48.5 Å². The lowest BCUT2D eigenvalue weighted by atomic mass is 10.1. The van der Waals surface area contributed by atoms with Gasteiger partial charge in [0.05, 0.1) is 10.7 Å². The van der Waals surface area contributed by atoms with Crippen LogP contribution in [-0.4, -0.2) is 32.2 Å². The molecule has 4 rings (SSSR count). The van der Waals surface area contributed by atoms with E-state index >= 15 is 0 Å². The zero-order chi connectivity index (χ0) is 18.1. The Morgan fingerprint density at radius 1 is 1.15 bits per heavy atom. The standard InChI is InChI=1S/C18H14ClN5OS/c1-11(25)20-13-8-6-12(7-9-13)16-10-26-18-22-21-17(24(18)23-16)14-4-2-3-5-15(14)19/h2-9H,10H2,1H3,(H,20,25). The molecule has 6 nitrogen and oxygen atoms in total. The molecule has 1 aliphatic rings. The Morgan fingerprint density at radius 2 is 1.92 bits per heavy atom. The first-order chi connectivity index (χ1) is 12.6. The molecule has 0 aliphatic carbocycles. The number of anilines is 1. The molecule has 0 unspecified atom stereocenters. The third-order valence-electron chi connectivity index (χ3n) is 3.82. The van der Waals surface area contributed by atoms with Gasteiger partial charge in [-0.15, -0.1) is 10.2 Å². The number of hydrogen-bond acceptors (Lipinski definition) is 5. The van der Waals surface area contributed by atoms with Crippen LogP contribution < -0.4 is 5.32 Å². The number of aromatic nitrogens is 3. The van der Waals surface area contributed by atoms with E-state index in [0.29, 0.717) is 16.6 Å². The number of hydrogen-bond donors (Lipinski definition) is 1. The van der Waals surface area contributed by atoms with E-state index in [1.54, 1.807) is 16.4 Å². The minimum absolute atomic E-state index is 0.0955. The summed E-state index contributed by atoms with van der Waals surface area (Å²) < 4.78 is 1.73. The predicted octanol–water partition coefficient (Wildman–Crippen LogP) is 3.92. The summed E-state index contributed by atoms with van der Waals surface area (Å²) in [5.74, 6) is 1.21. The summed E-state index contributed by atoms with van der Waals surface area (Å²) >= 11 is 7.87. The molecule has 1 amide bonds. The summed E-state index contributed by atoms with van der Waals surface area (Å²) in [7, 11) is 0. The van der Waals surface area contributed by atoms with Gasteiger partial charge in [-0.1, -0.05) is 47.6 Å². The van der Waals surface area contributed by atoms with Crippen LogP contribution in [0.2, 0.25) is 5.02 Å². The minimum Gasteiger partial charge on any atom is -0.326 e. The molecule has 1 aromatic heterocycles. The van der Waals surface area contributed by atoms with Crippen LogP contribution in [0.25, 0.3) is 11.4 Å². The molecule has 0 saturated carbocycles. The minimum atomic E-state index is -0.0955. The van der Waals surface area contributed by atoms with E-state index < -0.39 is 0 Å². The van der Waals surface area contributed by atoms with Gasteiger partial charge in [0.25, 0.3) is 0 Å². The number of nitrogens with zero attached hydrogens (tertiary/aromatic N) is 4. The first-order valence-corrected chi connectivity index (χ1v) is 9.27. The number of carbonyl (C=O) groups is 1. The molecule has 0 radical (unpaired) electrons. The number of thioether (sulfide) groups is 1. The average Bonchev–Trinajstić information content (AvgIpc) is 3.05. The van der Waals surface area contributed by atoms with E-state index in [9.17, 15) is 4.79 Å². The molecule has 0 spiro atoms.